The molecule has 0 saturated carbocycles. The van der Waals surface area contributed by atoms with Crippen LogP contribution in [0.4, 0.5) is 5.69 Å². The maximum Gasteiger partial charge on any atom is 0.243 e. The van der Waals surface area contributed by atoms with Gasteiger partial charge in [0.2, 0.25) is 15.9 Å². The minimum atomic E-state index is -3.87. The van der Waals surface area contributed by atoms with E-state index in [-0.39, 0.29) is 23.0 Å². The zero-order chi connectivity index (χ0) is 20.2. The number of aryl methyl sites for hydroxylation is 2. The van der Waals surface area contributed by atoms with Crippen molar-refractivity contribution in [1.29, 1.82) is 0 Å². The van der Waals surface area contributed by atoms with Crippen LogP contribution in [0.3, 0.4) is 0 Å². The molecule has 0 aliphatic carbocycles. The molecule has 8 heteroatoms. The number of rotatable bonds is 7. The monoisotopic (exact) mass is 410 g/mol. The molecule has 0 fully saturated rings. The fourth-order valence-corrected chi connectivity index (χ4v) is 4.26. The molecule has 2 rings (SSSR count). The molecule has 6 nitrogen and oxygen atoms in total. The van der Waals surface area contributed by atoms with Gasteiger partial charge in [-0.25, -0.2) is 8.42 Å². The van der Waals surface area contributed by atoms with Crippen LogP contribution in [0.25, 0.3) is 0 Å². The lowest BCUT2D eigenvalue weighted by atomic mass is 10.1. The summed E-state index contributed by atoms with van der Waals surface area (Å²) in [5.74, 6) is -0.0329. The summed E-state index contributed by atoms with van der Waals surface area (Å²) in [6.45, 7) is 5.45. The Kier molecular flexibility index (Phi) is 6.86. The van der Waals surface area contributed by atoms with Crippen molar-refractivity contribution in [1.82, 2.24) is 4.31 Å². The summed E-state index contributed by atoms with van der Waals surface area (Å²) >= 11 is 6.04. The number of ether oxygens (including phenoxy) is 1. The first-order valence-corrected chi connectivity index (χ1v) is 10.2. The Hall–Kier alpha value is -2.09. The Morgan fingerprint density at radius 2 is 1.85 bits per heavy atom. The molecule has 0 saturated heterocycles. The van der Waals surface area contributed by atoms with E-state index in [0.717, 1.165) is 15.4 Å². The molecule has 0 aliphatic heterocycles. The summed E-state index contributed by atoms with van der Waals surface area (Å²) in [4.78, 5) is 12.4. The fourth-order valence-electron chi connectivity index (χ4n) is 2.50. The van der Waals surface area contributed by atoms with Crippen LogP contribution in [-0.2, 0) is 14.8 Å². The first-order valence-electron chi connectivity index (χ1n) is 8.39. The normalized spacial score (nSPS) is 11.5. The van der Waals surface area contributed by atoms with Gasteiger partial charge in [0.15, 0.2) is 0 Å². The third kappa shape index (κ3) is 5.00. The number of sulfonamides is 1. The molecule has 2 aromatic carbocycles. The van der Waals surface area contributed by atoms with Gasteiger partial charge in [-0.3, -0.25) is 4.79 Å². The van der Waals surface area contributed by atoms with Crippen molar-refractivity contribution in [2.75, 3.05) is 25.5 Å². The third-order valence-corrected chi connectivity index (χ3v) is 6.44. The number of halogens is 1. The van der Waals surface area contributed by atoms with Crippen LogP contribution >= 0.6 is 11.6 Å². The van der Waals surface area contributed by atoms with E-state index in [1.54, 1.807) is 13.0 Å². The molecule has 1 amide bonds. The van der Waals surface area contributed by atoms with Crippen LogP contribution in [0, 0.1) is 13.8 Å². The van der Waals surface area contributed by atoms with Gasteiger partial charge >= 0.3 is 0 Å². The molecule has 0 aromatic heterocycles. The highest BCUT2D eigenvalue weighted by atomic mass is 35.5. The molecule has 0 radical (unpaired) electrons. The van der Waals surface area contributed by atoms with Crippen molar-refractivity contribution < 1.29 is 17.9 Å². The minimum Gasteiger partial charge on any atom is -0.495 e. The Morgan fingerprint density at radius 1 is 1.15 bits per heavy atom. The van der Waals surface area contributed by atoms with Gasteiger partial charge in [0.05, 0.1) is 23.6 Å². The number of anilines is 1. The quantitative estimate of drug-likeness (QED) is 0.756. The van der Waals surface area contributed by atoms with E-state index >= 15 is 0 Å². The van der Waals surface area contributed by atoms with Gasteiger partial charge in [0.25, 0.3) is 0 Å². The van der Waals surface area contributed by atoms with Crippen molar-refractivity contribution in [2.45, 2.75) is 25.7 Å². The Morgan fingerprint density at radius 3 is 2.41 bits per heavy atom. The van der Waals surface area contributed by atoms with Gasteiger partial charge < -0.3 is 10.1 Å². The molecule has 2 aromatic rings. The molecule has 0 bridgehead atoms. The molecule has 1 N–H and O–H groups in total. The number of methoxy groups -OCH3 is 1. The number of carbonyl (C=O) groups excluding carboxylic acids is 1. The molecule has 146 valence electrons. The number of hydrogen-bond donors (Lipinski definition) is 1. The van der Waals surface area contributed by atoms with E-state index in [0.29, 0.717) is 11.4 Å². The predicted octanol–water partition coefficient (Wildman–Crippen LogP) is 3.61. The summed E-state index contributed by atoms with van der Waals surface area (Å²) in [7, 11) is -2.42. The average molecular weight is 411 g/mol. The topological polar surface area (TPSA) is 75.7 Å². The summed E-state index contributed by atoms with van der Waals surface area (Å²) in [5.41, 5.74) is 2.78. The first-order chi connectivity index (χ1) is 12.7. The van der Waals surface area contributed by atoms with E-state index in [2.05, 4.69) is 5.32 Å². The number of likely N-dealkylation sites (N-methyl/N-ethyl adjacent to an activating group) is 1. The summed E-state index contributed by atoms with van der Waals surface area (Å²) < 4.78 is 31.8. The number of nitrogens with zero attached hydrogens (tertiary/aromatic N) is 1. The van der Waals surface area contributed by atoms with Crippen LogP contribution in [0.2, 0.25) is 5.02 Å². The molecular formula is C19H23ClN2O4S. The second-order valence-electron chi connectivity index (χ2n) is 6.07. The van der Waals surface area contributed by atoms with Gasteiger partial charge in [-0.2, -0.15) is 4.31 Å². The predicted molar refractivity (Wildman–Crippen MR) is 107 cm³/mol. The zero-order valence-electron chi connectivity index (χ0n) is 15.7. The van der Waals surface area contributed by atoms with E-state index < -0.39 is 15.9 Å². The molecule has 0 heterocycles. The van der Waals surface area contributed by atoms with Crippen molar-refractivity contribution >= 4 is 33.2 Å². The van der Waals surface area contributed by atoms with Crippen molar-refractivity contribution in [3.63, 3.8) is 0 Å². The Bertz CT molecular complexity index is 945. The van der Waals surface area contributed by atoms with E-state index in [9.17, 15) is 13.2 Å². The van der Waals surface area contributed by atoms with E-state index in [1.165, 1.54) is 25.3 Å². The van der Waals surface area contributed by atoms with Gasteiger partial charge in [-0.05, 0) is 55.3 Å². The molecule has 27 heavy (non-hydrogen) atoms. The van der Waals surface area contributed by atoms with Crippen LogP contribution in [0.1, 0.15) is 18.1 Å². The fraction of sp³-hybridized carbons (Fsp3) is 0.316. The summed E-state index contributed by atoms with van der Waals surface area (Å²) in [6.07, 6.45) is 0. The Labute approximate surface area is 165 Å². The average Bonchev–Trinajstić information content (AvgIpc) is 2.62. The summed E-state index contributed by atoms with van der Waals surface area (Å²) in [6, 6.07) is 9.75. The van der Waals surface area contributed by atoms with Crippen molar-refractivity contribution in [3.05, 3.63) is 52.5 Å². The maximum atomic E-state index is 12.8. The Balaban J connectivity index is 2.18. The number of amides is 1. The number of benzene rings is 2. The van der Waals surface area contributed by atoms with Gasteiger partial charge in [-0.1, -0.05) is 24.6 Å². The van der Waals surface area contributed by atoms with Gasteiger partial charge in [0, 0.05) is 12.2 Å². The molecular weight excluding hydrogens is 388 g/mol. The highest BCUT2D eigenvalue weighted by molar-refractivity contribution is 7.89. The van der Waals surface area contributed by atoms with Gasteiger partial charge in [-0.15, -0.1) is 0 Å². The lowest BCUT2D eigenvalue weighted by Gasteiger charge is -2.20. The lowest BCUT2D eigenvalue weighted by Crippen LogP contribution is -2.37. The second-order valence-corrected chi connectivity index (χ2v) is 8.42. The zero-order valence-corrected chi connectivity index (χ0v) is 17.3. The van der Waals surface area contributed by atoms with Crippen LogP contribution in [-0.4, -0.2) is 38.8 Å². The van der Waals surface area contributed by atoms with Crippen molar-refractivity contribution in [3.8, 4) is 5.75 Å². The SMILES string of the molecule is CCN(CC(=O)Nc1ccc(C)c(C)c1)S(=O)(=O)c1ccc(OC)c(Cl)c1. The summed E-state index contributed by atoms with van der Waals surface area (Å²) in [5, 5.41) is 2.93. The van der Waals surface area contributed by atoms with E-state index in [1.807, 2.05) is 26.0 Å². The highest BCUT2D eigenvalue weighted by Crippen LogP contribution is 2.28. The largest absolute Gasteiger partial charge is 0.495 e. The smallest absolute Gasteiger partial charge is 0.243 e. The number of hydrogen-bond acceptors (Lipinski definition) is 4. The maximum absolute atomic E-state index is 12.8. The minimum absolute atomic E-state index is 0.00845. The lowest BCUT2D eigenvalue weighted by molar-refractivity contribution is -0.116. The van der Waals surface area contributed by atoms with Crippen LogP contribution in [0.5, 0.6) is 5.75 Å². The van der Waals surface area contributed by atoms with Gasteiger partial charge in [0.1, 0.15) is 5.75 Å². The molecule has 0 unspecified atom stereocenters. The van der Waals surface area contributed by atoms with Crippen LogP contribution in [0.15, 0.2) is 41.3 Å². The first kappa shape index (κ1) is 21.2. The molecule has 0 aliphatic rings. The third-order valence-electron chi connectivity index (χ3n) is 4.22. The molecule has 0 atom stereocenters. The van der Waals surface area contributed by atoms with Crippen molar-refractivity contribution in [2.24, 2.45) is 0 Å². The van der Waals surface area contributed by atoms with Crippen LogP contribution < -0.4 is 10.1 Å². The number of nitrogens with one attached hydrogen (secondary N) is 1. The van der Waals surface area contributed by atoms with E-state index in [4.69, 9.17) is 16.3 Å². The molecule has 0 spiro atoms. The highest BCUT2D eigenvalue weighted by Gasteiger charge is 2.26. The standard InChI is InChI=1S/C19H23ClN2O4S/c1-5-22(12-19(23)21-15-7-6-13(2)14(3)10-15)27(24,25)16-8-9-18(26-4)17(20)11-16/h6-11H,5,12H2,1-4H3,(H,21,23). The second kappa shape index (κ2) is 8.73. The number of carbonyl (C=O) groups is 1.